The molecule has 0 unspecified atom stereocenters. The van der Waals surface area contributed by atoms with Crippen molar-refractivity contribution in [3.05, 3.63) is 103 Å². The predicted octanol–water partition coefficient (Wildman–Crippen LogP) is 6.87. The van der Waals surface area contributed by atoms with Gasteiger partial charge in [-0.3, -0.25) is 4.79 Å². The molecular weight excluding hydrogens is 540 g/mol. The van der Waals surface area contributed by atoms with Gasteiger partial charge in [0.25, 0.3) is 5.91 Å². The second kappa shape index (κ2) is 10.7. The fourth-order valence-electron chi connectivity index (χ4n) is 4.02. The molecule has 0 atom stereocenters. The number of aryl methyl sites for hydroxylation is 2. The van der Waals surface area contributed by atoms with Gasteiger partial charge in [0.15, 0.2) is 0 Å². The van der Waals surface area contributed by atoms with Gasteiger partial charge in [0.1, 0.15) is 16.4 Å². The summed E-state index contributed by atoms with van der Waals surface area (Å²) in [6, 6.07) is 17.1. The van der Waals surface area contributed by atoms with Crippen LogP contribution in [0.1, 0.15) is 39.8 Å². The Kier molecular flexibility index (Phi) is 7.66. The van der Waals surface area contributed by atoms with Crippen molar-refractivity contribution < 1.29 is 19.4 Å². The number of aliphatic hydroxyl groups excluding tert-OH is 1. The molecule has 1 aliphatic heterocycles. The van der Waals surface area contributed by atoms with Gasteiger partial charge in [-0.05, 0) is 81.3 Å². The Bertz CT molecular complexity index is 1450. The second-order valence-corrected chi connectivity index (χ2v) is 10.2. The highest BCUT2D eigenvalue weighted by Gasteiger charge is 2.34. The molecule has 184 valence electrons. The number of esters is 1. The first-order chi connectivity index (χ1) is 17.2. The highest BCUT2D eigenvalue weighted by Crippen LogP contribution is 2.40. The lowest BCUT2D eigenvalue weighted by atomic mass is 10.1. The van der Waals surface area contributed by atoms with Crippen LogP contribution < -0.4 is 0 Å². The normalized spacial score (nSPS) is 15.7. The van der Waals surface area contributed by atoms with Crippen LogP contribution in [0.15, 0.2) is 80.3 Å². The third kappa shape index (κ3) is 5.10. The van der Waals surface area contributed by atoms with E-state index in [0.717, 1.165) is 44.4 Å². The number of hydrogen-bond donors (Lipinski definition) is 1. The van der Waals surface area contributed by atoms with Crippen molar-refractivity contribution in [2.24, 2.45) is 4.99 Å². The Balaban J connectivity index is 1.76. The van der Waals surface area contributed by atoms with Crippen LogP contribution in [0.5, 0.6) is 0 Å². The third-order valence-corrected chi connectivity index (χ3v) is 7.34. The molecule has 3 aromatic rings. The summed E-state index contributed by atoms with van der Waals surface area (Å²) in [5.74, 6) is -1.45. The molecule has 8 heteroatoms. The van der Waals surface area contributed by atoms with E-state index in [9.17, 15) is 14.7 Å². The van der Waals surface area contributed by atoms with Crippen LogP contribution in [0.25, 0.3) is 11.8 Å². The maximum atomic E-state index is 12.9. The van der Waals surface area contributed by atoms with Crippen molar-refractivity contribution in [3.63, 3.8) is 0 Å². The summed E-state index contributed by atoms with van der Waals surface area (Å²) >= 11 is 4.54. The zero-order valence-corrected chi connectivity index (χ0v) is 22.7. The molecule has 36 heavy (non-hydrogen) atoms. The number of nitrogens with zero attached hydrogens (tertiary/aromatic N) is 2. The van der Waals surface area contributed by atoms with E-state index in [1.165, 1.54) is 0 Å². The molecule has 0 saturated carbocycles. The molecule has 0 spiro atoms. The lowest BCUT2D eigenvalue weighted by molar-refractivity contribution is -0.138. The van der Waals surface area contributed by atoms with Crippen molar-refractivity contribution in [3.8, 4) is 5.69 Å². The Hall–Kier alpha value is -3.36. The van der Waals surface area contributed by atoms with E-state index in [-0.39, 0.29) is 23.0 Å². The van der Waals surface area contributed by atoms with Crippen LogP contribution in [0.3, 0.4) is 0 Å². The number of amides is 1. The van der Waals surface area contributed by atoms with Crippen molar-refractivity contribution in [1.82, 2.24) is 4.57 Å². The molecule has 0 saturated heterocycles. The second-order valence-electron chi connectivity index (χ2n) is 8.23. The minimum Gasteiger partial charge on any atom is -0.506 e. The summed E-state index contributed by atoms with van der Waals surface area (Å²) in [5, 5.41) is 11.1. The number of ether oxygens (including phenoxy) is 1. The van der Waals surface area contributed by atoms with E-state index >= 15 is 0 Å². The fraction of sp³-hybridized carbons (Fsp3) is 0.179. The SMILES string of the molecule is CCOC(=O)C1=C(O)/C(=C/c2cc(C)n(-c3ccc(Br)cc3)c2C)SC1=NC(=O)c1ccccc1C. The number of carbonyl (C=O) groups is 2. The number of carbonyl (C=O) groups excluding carboxylic acids is 2. The van der Waals surface area contributed by atoms with Gasteiger partial charge < -0.3 is 14.4 Å². The molecule has 0 bridgehead atoms. The van der Waals surface area contributed by atoms with E-state index in [1.54, 1.807) is 25.1 Å². The summed E-state index contributed by atoms with van der Waals surface area (Å²) in [6.07, 6.45) is 1.80. The van der Waals surface area contributed by atoms with E-state index in [4.69, 9.17) is 4.74 Å². The molecule has 1 amide bonds. The quantitative estimate of drug-likeness (QED) is 0.342. The number of halogens is 1. The summed E-state index contributed by atoms with van der Waals surface area (Å²) in [7, 11) is 0. The summed E-state index contributed by atoms with van der Waals surface area (Å²) in [5.41, 5.74) is 4.98. The summed E-state index contributed by atoms with van der Waals surface area (Å²) in [4.78, 5) is 30.3. The lowest BCUT2D eigenvalue weighted by Crippen LogP contribution is -2.14. The maximum absolute atomic E-state index is 12.9. The molecule has 1 N–H and O–H groups in total. The molecular formula is C28H25BrN2O4S. The van der Waals surface area contributed by atoms with Gasteiger partial charge >= 0.3 is 5.97 Å². The molecule has 6 nitrogen and oxygen atoms in total. The minimum atomic E-state index is -0.720. The molecule has 0 radical (unpaired) electrons. The first-order valence-corrected chi connectivity index (χ1v) is 13.0. The Morgan fingerprint density at radius 3 is 2.47 bits per heavy atom. The van der Waals surface area contributed by atoms with Gasteiger partial charge in [-0.1, -0.05) is 45.9 Å². The average Bonchev–Trinajstić information content (AvgIpc) is 3.29. The smallest absolute Gasteiger partial charge is 0.344 e. The van der Waals surface area contributed by atoms with E-state index in [2.05, 4.69) is 25.5 Å². The van der Waals surface area contributed by atoms with Crippen LogP contribution in [-0.4, -0.2) is 33.2 Å². The van der Waals surface area contributed by atoms with Gasteiger partial charge in [-0.15, -0.1) is 0 Å². The Morgan fingerprint density at radius 1 is 1.11 bits per heavy atom. The van der Waals surface area contributed by atoms with E-state index in [0.29, 0.717) is 10.5 Å². The first-order valence-electron chi connectivity index (χ1n) is 11.4. The maximum Gasteiger partial charge on any atom is 0.344 e. The Morgan fingerprint density at radius 2 is 1.81 bits per heavy atom. The standard InChI is InChI=1S/C28H25BrN2O4S/c1-5-35-28(34)24-25(32)23(36-27(24)30-26(33)22-9-7-6-8-16(22)2)15-19-14-17(3)31(18(19)4)21-12-10-20(29)11-13-21/h6-15,32H,5H2,1-4H3/b23-15-,30-27?. The van der Waals surface area contributed by atoms with Crippen molar-refractivity contribution >= 4 is 50.7 Å². The zero-order chi connectivity index (χ0) is 26.0. The molecule has 1 aliphatic rings. The van der Waals surface area contributed by atoms with Crippen LogP contribution in [0, 0.1) is 20.8 Å². The van der Waals surface area contributed by atoms with Crippen LogP contribution >= 0.6 is 27.7 Å². The van der Waals surface area contributed by atoms with E-state index in [1.807, 2.05) is 63.2 Å². The topological polar surface area (TPSA) is 80.9 Å². The number of hydrogen-bond acceptors (Lipinski definition) is 5. The van der Waals surface area contributed by atoms with Gasteiger partial charge in [-0.25, -0.2) is 9.79 Å². The predicted molar refractivity (Wildman–Crippen MR) is 148 cm³/mol. The molecule has 2 heterocycles. The number of aliphatic hydroxyl groups is 1. The fourth-order valence-corrected chi connectivity index (χ4v) is 5.29. The minimum absolute atomic E-state index is 0.100. The Labute approximate surface area is 222 Å². The number of benzene rings is 2. The number of thioether (sulfide) groups is 1. The molecule has 1 aromatic heterocycles. The highest BCUT2D eigenvalue weighted by atomic mass is 79.9. The lowest BCUT2D eigenvalue weighted by Gasteiger charge is -2.09. The molecule has 2 aromatic carbocycles. The van der Waals surface area contributed by atoms with E-state index < -0.39 is 11.9 Å². The zero-order valence-electron chi connectivity index (χ0n) is 20.3. The van der Waals surface area contributed by atoms with Gasteiger partial charge in [0.05, 0.1) is 11.5 Å². The van der Waals surface area contributed by atoms with Crippen molar-refractivity contribution in [2.45, 2.75) is 27.7 Å². The van der Waals surface area contributed by atoms with Gasteiger partial charge in [-0.2, -0.15) is 0 Å². The van der Waals surface area contributed by atoms with Crippen LogP contribution in [0.2, 0.25) is 0 Å². The van der Waals surface area contributed by atoms with Crippen LogP contribution in [-0.2, 0) is 9.53 Å². The molecule has 0 aliphatic carbocycles. The number of rotatable bonds is 5. The van der Waals surface area contributed by atoms with Crippen molar-refractivity contribution in [2.75, 3.05) is 6.61 Å². The van der Waals surface area contributed by atoms with Gasteiger partial charge in [0.2, 0.25) is 0 Å². The average molecular weight is 565 g/mol. The molecule has 4 rings (SSSR count). The third-order valence-electron chi connectivity index (χ3n) is 5.79. The van der Waals surface area contributed by atoms with Crippen LogP contribution in [0.4, 0.5) is 0 Å². The summed E-state index contributed by atoms with van der Waals surface area (Å²) < 4.78 is 8.26. The highest BCUT2D eigenvalue weighted by molar-refractivity contribution is 9.10. The van der Waals surface area contributed by atoms with Crippen molar-refractivity contribution in [1.29, 1.82) is 0 Å². The number of aromatic nitrogens is 1. The first kappa shape index (κ1) is 25.7. The number of aliphatic imine (C=N–C) groups is 1. The largest absolute Gasteiger partial charge is 0.506 e. The summed E-state index contributed by atoms with van der Waals surface area (Å²) in [6.45, 7) is 7.63. The molecule has 0 fully saturated rings. The monoisotopic (exact) mass is 564 g/mol. The van der Waals surface area contributed by atoms with Gasteiger partial charge in [0, 0.05) is 27.1 Å².